The molecule has 0 spiro atoms. The molecule has 0 aromatic carbocycles. The standard InChI is InChI=1S/C7H9FN2O3S/c1-2-13-7-6(14(9,11)12)3-5(8)4-10-7/h3-4H,2H2,1H3,(H2,9,11,12). The summed E-state index contributed by atoms with van der Waals surface area (Å²) in [6.07, 6.45) is 0.861. The van der Waals surface area contributed by atoms with Crippen LogP contribution in [0.25, 0.3) is 0 Å². The second kappa shape index (κ2) is 3.89. The van der Waals surface area contributed by atoms with Crippen molar-refractivity contribution >= 4 is 10.0 Å². The van der Waals surface area contributed by atoms with Crippen molar-refractivity contribution in [2.75, 3.05) is 6.61 Å². The fourth-order valence-corrected chi connectivity index (χ4v) is 1.49. The monoisotopic (exact) mass is 220 g/mol. The summed E-state index contributed by atoms with van der Waals surface area (Å²) < 4.78 is 39.5. The molecule has 1 aromatic rings. The van der Waals surface area contributed by atoms with Crippen LogP contribution in [0.2, 0.25) is 0 Å². The zero-order valence-electron chi connectivity index (χ0n) is 7.40. The Morgan fingerprint density at radius 1 is 1.64 bits per heavy atom. The van der Waals surface area contributed by atoms with Crippen molar-refractivity contribution < 1.29 is 17.5 Å². The van der Waals surface area contributed by atoms with E-state index < -0.39 is 20.7 Å². The Bertz CT molecular complexity index is 433. The molecule has 0 amide bonds. The number of sulfonamides is 1. The summed E-state index contributed by atoms with van der Waals surface area (Å²) in [5, 5.41) is 4.84. The molecule has 14 heavy (non-hydrogen) atoms. The molecule has 7 heteroatoms. The number of pyridine rings is 1. The Labute approximate surface area is 80.8 Å². The van der Waals surface area contributed by atoms with E-state index >= 15 is 0 Å². The maximum absolute atomic E-state index is 12.7. The van der Waals surface area contributed by atoms with Crippen LogP contribution in [0.5, 0.6) is 5.88 Å². The minimum Gasteiger partial charge on any atom is -0.477 e. The number of ether oxygens (including phenoxy) is 1. The highest BCUT2D eigenvalue weighted by molar-refractivity contribution is 7.89. The molecule has 0 radical (unpaired) electrons. The van der Waals surface area contributed by atoms with Crippen LogP contribution in [0.1, 0.15) is 6.92 Å². The van der Waals surface area contributed by atoms with E-state index in [9.17, 15) is 12.8 Å². The SMILES string of the molecule is CCOc1ncc(F)cc1S(N)(=O)=O. The second-order valence-corrected chi connectivity index (χ2v) is 3.96. The average Bonchev–Trinajstić information content (AvgIpc) is 2.07. The van der Waals surface area contributed by atoms with Gasteiger partial charge in [0.1, 0.15) is 10.7 Å². The van der Waals surface area contributed by atoms with Gasteiger partial charge in [0.25, 0.3) is 0 Å². The first-order valence-electron chi connectivity index (χ1n) is 3.76. The Morgan fingerprint density at radius 2 is 2.29 bits per heavy atom. The number of hydrogen-bond acceptors (Lipinski definition) is 4. The number of primary sulfonamides is 1. The van der Waals surface area contributed by atoms with Crippen LogP contribution in [0.15, 0.2) is 17.2 Å². The van der Waals surface area contributed by atoms with Gasteiger partial charge >= 0.3 is 0 Å². The zero-order valence-corrected chi connectivity index (χ0v) is 8.21. The van der Waals surface area contributed by atoms with Crippen LogP contribution in [0.3, 0.4) is 0 Å². The maximum atomic E-state index is 12.7. The van der Waals surface area contributed by atoms with Crippen LogP contribution >= 0.6 is 0 Å². The van der Waals surface area contributed by atoms with Gasteiger partial charge in [-0.2, -0.15) is 0 Å². The molecule has 0 unspecified atom stereocenters. The fourth-order valence-electron chi connectivity index (χ4n) is 0.857. The molecule has 0 saturated heterocycles. The third kappa shape index (κ3) is 2.39. The van der Waals surface area contributed by atoms with Gasteiger partial charge in [0.05, 0.1) is 12.8 Å². The normalized spacial score (nSPS) is 11.4. The van der Waals surface area contributed by atoms with Crippen molar-refractivity contribution in [3.63, 3.8) is 0 Å². The van der Waals surface area contributed by atoms with Crippen molar-refractivity contribution in [1.82, 2.24) is 4.98 Å². The van der Waals surface area contributed by atoms with Gasteiger partial charge in [-0.3, -0.25) is 0 Å². The van der Waals surface area contributed by atoms with Crippen LogP contribution in [-0.2, 0) is 10.0 Å². The lowest BCUT2D eigenvalue weighted by Crippen LogP contribution is -2.15. The molecule has 2 N–H and O–H groups in total. The van der Waals surface area contributed by atoms with Gasteiger partial charge in [0.2, 0.25) is 15.9 Å². The molecule has 0 fully saturated rings. The number of nitrogens with zero attached hydrogens (tertiary/aromatic N) is 1. The molecular weight excluding hydrogens is 211 g/mol. The summed E-state index contributed by atoms with van der Waals surface area (Å²) in [4.78, 5) is 3.03. The molecule has 0 aliphatic heterocycles. The van der Waals surface area contributed by atoms with Gasteiger partial charge in [-0.25, -0.2) is 22.9 Å². The van der Waals surface area contributed by atoms with E-state index in [1.807, 2.05) is 0 Å². The van der Waals surface area contributed by atoms with E-state index in [0.29, 0.717) is 0 Å². The summed E-state index contributed by atoms with van der Waals surface area (Å²) in [6.45, 7) is 1.87. The number of halogens is 1. The molecule has 0 bridgehead atoms. The van der Waals surface area contributed by atoms with E-state index in [-0.39, 0.29) is 12.5 Å². The smallest absolute Gasteiger partial charge is 0.243 e. The quantitative estimate of drug-likeness (QED) is 0.792. The van der Waals surface area contributed by atoms with Crippen LogP contribution in [0.4, 0.5) is 4.39 Å². The van der Waals surface area contributed by atoms with E-state index in [1.54, 1.807) is 6.92 Å². The first kappa shape index (κ1) is 10.9. The number of aromatic nitrogens is 1. The van der Waals surface area contributed by atoms with Crippen molar-refractivity contribution in [3.05, 3.63) is 18.1 Å². The predicted octanol–water partition coefficient (Wildman–Crippen LogP) is 0.267. The summed E-state index contributed by atoms with van der Waals surface area (Å²) >= 11 is 0. The third-order valence-electron chi connectivity index (χ3n) is 1.37. The van der Waals surface area contributed by atoms with Gasteiger partial charge in [0, 0.05) is 6.07 Å². The summed E-state index contributed by atoms with van der Waals surface area (Å²) in [7, 11) is -4.01. The summed E-state index contributed by atoms with van der Waals surface area (Å²) in [6, 6.07) is 0.771. The third-order valence-corrected chi connectivity index (χ3v) is 2.28. The number of hydrogen-bond donors (Lipinski definition) is 1. The Balaban J connectivity index is 3.30. The van der Waals surface area contributed by atoms with E-state index in [1.165, 1.54) is 0 Å². The molecule has 0 aliphatic carbocycles. The first-order chi connectivity index (χ1) is 6.45. The minimum atomic E-state index is -4.01. The van der Waals surface area contributed by atoms with Crippen molar-refractivity contribution in [3.8, 4) is 5.88 Å². The van der Waals surface area contributed by atoms with Gasteiger partial charge in [-0.1, -0.05) is 0 Å². The fraction of sp³-hybridized carbons (Fsp3) is 0.286. The van der Waals surface area contributed by atoms with Crippen molar-refractivity contribution in [2.24, 2.45) is 5.14 Å². The summed E-state index contributed by atoms with van der Waals surface area (Å²) in [5.41, 5.74) is 0. The lowest BCUT2D eigenvalue weighted by Gasteiger charge is -2.06. The van der Waals surface area contributed by atoms with Crippen molar-refractivity contribution in [1.29, 1.82) is 0 Å². The molecule has 78 valence electrons. The largest absolute Gasteiger partial charge is 0.477 e. The minimum absolute atomic E-state index is 0.184. The predicted molar refractivity (Wildman–Crippen MR) is 46.7 cm³/mol. The van der Waals surface area contributed by atoms with Gasteiger partial charge in [-0.05, 0) is 6.92 Å². The van der Waals surface area contributed by atoms with Crippen molar-refractivity contribution in [2.45, 2.75) is 11.8 Å². The molecule has 0 atom stereocenters. The van der Waals surface area contributed by atoms with Gasteiger partial charge in [0.15, 0.2) is 0 Å². The van der Waals surface area contributed by atoms with E-state index in [4.69, 9.17) is 9.88 Å². The van der Waals surface area contributed by atoms with Crippen LogP contribution in [0, 0.1) is 5.82 Å². The highest BCUT2D eigenvalue weighted by Crippen LogP contribution is 2.20. The zero-order chi connectivity index (χ0) is 10.8. The maximum Gasteiger partial charge on any atom is 0.243 e. The Morgan fingerprint density at radius 3 is 2.79 bits per heavy atom. The van der Waals surface area contributed by atoms with E-state index in [0.717, 1.165) is 12.3 Å². The molecule has 1 aromatic heterocycles. The summed E-state index contributed by atoms with van der Waals surface area (Å²) in [5.74, 6) is -0.964. The molecule has 0 aliphatic rings. The van der Waals surface area contributed by atoms with Gasteiger partial charge < -0.3 is 4.74 Å². The molecule has 1 rings (SSSR count). The molecule has 0 saturated carbocycles. The highest BCUT2D eigenvalue weighted by atomic mass is 32.2. The lowest BCUT2D eigenvalue weighted by atomic mass is 10.5. The number of rotatable bonds is 3. The molecule has 5 nitrogen and oxygen atoms in total. The van der Waals surface area contributed by atoms with Gasteiger partial charge in [-0.15, -0.1) is 0 Å². The topological polar surface area (TPSA) is 82.3 Å². The van der Waals surface area contributed by atoms with Crippen LogP contribution in [-0.4, -0.2) is 20.0 Å². The number of nitrogens with two attached hydrogens (primary N) is 1. The molecular formula is C7H9FN2O3S. The Hall–Kier alpha value is -1.21. The first-order valence-corrected chi connectivity index (χ1v) is 5.31. The highest BCUT2D eigenvalue weighted by Gasteiger charge is 2.17. The van der Waals surface area contributed by atoms with Crippen LogP contribution < -0.4 is 9.88 Å². The average molecular weight is 220 g/mol. The van der Waals surface area contributed by atoms with E-state index in [2.05, 4.69) is 4.98 Å². The second-order valence-electron chi connectivity index (χ2n) is 2.43. The molecule has 1 heterocycles. The Kier molecular flexibility index (Phi) is 3.02. The lowest BCUT2D eigenvalue weighted by molar-refractivity contribution is 0.315.